The van der Waals surface area contributed by atoms with Crippen molar-refractivity contribution in [2.45, 2.75) is 37.3 Å². The zero-order valence-corrected chi connectivity index (χ0v) is 12.0. The highest BCUT2D eigenvalue weighted by Gasteiger charge is 2.35. The van der Waals surface area contributed by atoms with E-state index < -0.39 is 22.0 Å². The van der Waals surface area contributed by atoms with Crippen LogP contribution in [0.5, 0.6) is 0 Å². The van der Waals surface area contributed by atoms with Gasteiger partial charge in [0, 0.05) is 19.9 Å². The van der Waals surface area contributed by atoms with E-state index in [2.05, 4.69) is 14.7 Å². The Morgan fingerprint density at radius 1 is 1.50 bits per heavy atom. The number of carbonyl (C=O) groups excluding carboxylic acids is 2. The number of aromatic amines is 1. The molecule has 1 aliphatic rings. The van der Waals surface area contributed by atoms with Crippen molar-refractivity contribution in [1.29, 1.82) is 0 Å². The van der Waals surface area contributed by atoms with E-state index in [1.54, 1.807) is 0 Å². The molecule has 8 nitrogen and oxygen atoms in total. The highest BCUT2D eigenvalue weighted by Crippen LogP contribution is 2.14. The molecule has 1 aliphatic heterocycles. The van der Waals surface area contributed by atoms with E-state index in [0.717, 1.165) is 4.90 Å². The summed E-state index contributed by atoms with van der Waals surface area (Å²) >= 11 is 0. The molecular weight excluding hydrogens is 284 g/mol. The van der Waals surface area contributed by atoms with E-state index in [1.165, 1.54) is 13.2 Å². The molecular formula is C11H16N4O4S. The number of hydrogen-bond acceptors (Lipinski definition) is 5. The Labute approximate surface area is 116 Å². The number of amides is 2. The fourth-order valence-corrected chi connectivity index (χ4v) is 3.10. The number of imide groups is 1. The molecule has 0 spiro atoms. The third-order valence-electron chi connectivity index (χ3n) is 3.18. The molecule has 2 N–H and O–H groups in total. The van der Waals surface area contributed by atoms with Crippen LogP contribution in [-0.4, -0.2) is 48.2 Å². The van der Waals surface area contributed by atoms with Gasteiger partial charge in [0.25, 0.3) is 10.0 Å². The fourth-order valence-electron chi connectivity index (χ4n) is 1.94. The Balaban J connectivity index is 2.16. The quantitative estimate of drug-likeness (QED) is 0.721. The molecule has 0 aliphatic carbocycles. The second kappa shape index (κ2) is 5.33. The van der Waals surface area contributed by atoms with Crippen LogP contribution in [0.2, 0.25) is 0 Å². The van der Waals surface area contributed by atoms with Gasteiger partial charge in [0.05, 0.1) is 6.20 Å². The van der Waals surface area contributed by atoms with E-state index in [0.29, 0.717) is 12.2 Å². The highest BCUT2D eigenvalue weighted by molar-refractivity contribution is 7.89. The lowest BCUT2D eigenvalue weighted by atomic mass is 10.1. The molecule has 0 radical (unpaired) electrons. The SMILES string of the molecule is CCc1ncc(S(=O)(=O)NC2CCC(=O)N(C)C2=O)[nH]1. The van der Waals surface area contributed by atoms with E-state index in [-0.39, 0.29) is 23.8 Å². The predicted molar refractivity (Wildman–Crippen MR) is 69.1 cm³/mol. The van der Waals surface area contributed by atoms with Crippen molar-refractivity contribution in [3.63, 3.8) is 0 Å². The summed E-state index contributed by atoms with van der Waals surface area (Å²) in [6.45, 7) is 1.84. The van der Waals surface area contributed by atoms with Gasteiger partial charge in [-0.2, -0.15) is 4.72 Å². The number of likely N-dealkylation sites (N-methyl/N-ethyl adjacent to an activating group) is 1. The average Bonchev–Trinajstić information content (AvgIpc) is 2.89. The van der Waals surface area contributed by atoms with Gasteiger partial charge in [-0.1, -0.05) is 6.92 Å². The summed E-state index contributed by atoms with van der Waals surface area (Å²) in [4.78, 5) is 30.7. The Kier molecular flexibility index (Phi) is 3.91. The number of imidazole rings is 1. The van der Waals surface area contributed by atoms with Crippen LogP contribution in [-0.2, 0) is 26.0 Å². The summed E-state index contributed by atoms with van der Waals surface area (Å²) in [6, 6.07) is -0.920. The Hall–Kier alpha value is -1.74. The first-order chi connectivity index (χ1) is 9.35. The lowest BCUT2D eigenvalue weighted by Crippen LogP contribution is -2.52. The van der Waals surface area contributed by atoms with Crippen LogP contribution in [0.15, 0.2) is 11.2 Å². The summed E-state index contributed by atoms with van der Waals surface area (Å²) in [6.07, 6.45) is 2.09. The van der Waals surface area contributed by atoms with Crippen molar-refractivity contribution >= 4 is 21.8 Å². The van der Waals surface area contributed by atoms with Crippen LogP contribution in [0.3, 0.4) is 0 Å². The molecule has 2 heterocycles. The number of sulfonamides is 1. The molecule has 0 saturated carbocycles. The Morgan fingerprint density at radius 2 is 2.20 bits per heavy atom. The zero-order valence-electron chi connectivity index (χ0n) is 11.2. The standard InChI is InChI=1S/C11H16N4O4S/c1-3-8-12-6-9(13-8)20(18,19)14-7-4-5-10(16)15(2)11(7)17/h6-7,14H,3-5H2,1-2H3,(H,12,13). The number of aromatic nitrogens is 2. The fraction of sp³-hybridized carbons (Fsp3) is 0.545. The second-order valence-electron chi connectivity index (χ2n) is 4.55. The minimum absolute atomic E-state index is 0.0818. The van der Waals surface area contributed by atoms with Gasteiger partial charge in [-0.05, 0) is 6.42 Å². The molecule has 1 aromatic rings. The van der Waals surface area contributed by atoms with Crippen molar-refractivity contribution in [2.24, 2.45) is 0 Å². The summed E-state index contributed by atoms with van der Waals surface area (Å²) in [5, 5.41) is -0.0818. The number of aryl methyl sites for hydroxylation is 1. The van der Waals surface area contributed by atoms with Crippen LogP contribution in [0.25, 0.3) is 0 Å². The summed E-state index contributed by atoms with van der Waals surface area (Å²) < 4.78 is 26.6. The number of carbonyl (C=O) groups is 2. The predicted octanol–water partition coefficient (Wildman–Crippen LogP) is -0.602. The monoisotopic (exact) mass is 300 g/mol. The van der Waals surface area contributed by atoms with Gasteiger partial charge in [-0.15, -0.1) is 0 Å². The molecule has 1 atom stereocenters. The smallest absolute Gasteiger partial charge is 0.258 e. The molecule has 0 aromatic carbocycles. The van der Waals surface area contributed by atoms with Gasteiger partial charge in [-0.25, -0.2) is 13.4 Å². The summed E-state index contributed by atoms with van der Waals surface area (Å²) in [5.41, 5.74) is 0. The van der Waals surface area contributed by atoms with Gasteiger partial charge in [0.1, 0.15) is 11.9 Å². The molecule has 110 valence electrons. The topological polar surface area (TPSA) is 112 Å². The number of H-pyrrole nitrogens is 1. The second-order valence-corrected chi connectivity index (χ2v) is 6.23. The maximum atomic E-state index is 12.1. The lowest BCUT2D eigenvalue weighted by molar-refractivity contribution is -0.147. The molecule has 20 heavy (non-hydrogen) atoms. The van der Waals surface area contributed by atoms with Crippen molar-refractivity contribution in [2.75, 3.05) is 7.05 Å². The maximum absolute atomic E-state index is 12.1. The van der Waals surface area contributed by atoms with Crippen LogP contribution < -0.4 is 4.72 Å². The first kappa shape index (κ1) is 14.7. The number of nitrogens with zero attached hydrogens (tertiary/aromatic N) is 2. The lowest BCUT2D eigenvalue weighted by Gasteiger charge is -2.27. The molecule has 1 saturated heterocycles. The number of nitrogens with one attached hydrogen (secondary N) is 2. The molecule has 9 heteroatoms. The number of likely N-dealkylation sites (tertiary alicyclic amines) is 1. The van der Waals surface area contributed by atoms with Crippen LogP contribution in [0.1, 0.15) is 25.6 Å². The van der Waals surface area contributed by atoms with Gasteiger partial charge >= 0.3 is 0 Å². The van der Waals surface area contributed by atoms with E-state index >= 15 is 0 Å². The number of hydrogen-bond donors (Lipinski definition) is 2. The highest BCUT2D eigenvalue weighted by atomic mass is 32.2. The molecule has 0 bridgehead atoms. The van der Waals surface area contributed by atoms with Crippen LogP contribution in [0, 0.1) is 0 Å². The third kappa shape index (κ3) is 2.73. The van der Waals surface area contributed by atoms with Crippen molar-refractivity contribution in [3.8, 4) is 0 Å². The van der Waals surface area contributed by atoms with Gasteiger partial charge in [0.15, 0.2) is 5.03 Å². The molecule has 2 rings (SSSR count). The van der Waals surface area contributed by atoms with Crippen LogP contribution in [0.4, 0.5) is 0 Å². The number of piperidine rings is 1. The zero-order chi connectivity index (χ0) is 14.9. The van der Waals surface area contributed by atoms with Crippen LogP contribution >= 0.6 is 0 Å². The summed E-state index contributed by atoms with van der Waals surface area (Å²) in [5.74, 6) is -0.298. The molecule has 1 aromatic heterocycles. The van der Waals surface area contributed by atoms with E-state index in [1.807, 2.05) is 6.92 Å². The number of rotatable bonds is 4. The minimum Gasteiger partial charge on any atom is -0.332 e. The Morgan fingerprint density at radius 3 is 2.80 bits per heavy atom. The van der Waals surface area contributed by atoms with Gasteiger partial charge in [-0.3, -0.25) is 14.5 Å². The minimum atomic E-state index is -3.85. The molecule has 1 unspecified atom stereocenters. The van der Waals surface area contributed by atoms with Crippen molar-refractivity contribution < 1.29 is 18.0 Å². The largest absolute Gasteiger partial charge is 0.332 e. The first-order valence-corrected chi connectivity index (χ1v) is 7.70. The van der Waals surface area contributed by atoms with Gasteiger partial charge < -0.3 is 4.98 Å². The normalized spacial score (nSPS) is 20.5. The average molecular weight is 300 g/mol. The maximum Gasteiger partial charge on any atom is 0.258 e. The summed E-state index contributed by atoms with van der Waals surface area (Å²) in [7, 11) is -2.51. The molecule has 1 fully saturated rings. The van der Waals surface area contributed by atoms with Gasteiger partial charge in [0.2, 0.25) is 11.8 Å². The van der Waals surface area contributed by atoms with E-state index in [4.69, 9.17) is 0 Å². The Bertz CT molecular complexity index is 637. The molecule has 2 amide bonds. The third-order valence-corrected chi connectivity index (χ3v) is 4.56. The van der Waals surface area contributed by atoms with Crippen molar-refractivity contribution in [1.82, 2.24) is 19.6 Å². The first-order valence-electron chi connectivity index (χ1n) is 6.21. The van der Waals surface area contributed by atoms with Crippen molar-refractivity contribution in [3.05, 3.63) is 12.0 Å². The van der Waals surface area contributed by atoms with E-state index in [9.17, 15) is 18.0 Å².